The quantitative estimate of drug-likeness (QED) is 0.915. The zero-order chi connectivity index (χ0) is 13.8. The van der Waals surface area contributed by atoms with Crippen molar-refractivity contribution in [2.45, 2.75) is 27.0 Å². The molecule has 19 heavy (non-hydrogen) atoms. The summed E-state index contributed by atoms with van der Waals surface area (Å²) in [6.07, 6.45) is 0. The number of hydrogen-bond donors (Lipinski definition) is 1. The summed E-state index contributed by atoms with van der Waals surface area (Å²) in [4.78, 5) is 0. The molecule has 2 N–H and O–H groups in total. The van der Waals surface area contributed by atoms with Crippen molar-refractivity contribution < 1.29 is 4.74 Å². The van der Waals surface area contributed by atoms with Crippen LogP contribution in [0.4, 0.5) is 0 Å². The minimum Gasteiger partial charge on any atom is -0.487 e. The van der Waals surface area contributed by atoms with Crippen LogP contribution >= 0.6 is 11.6 Å². The average Bonchev–Trinajstić information content (AvgIpc) is 2.39. The van der Waals surface area contributed by atoms with Crippen molar-refractivity contribution in [1.29, 1.82) is 0 Å². The predicted molar refractivity (Wildman–Crippen MR) is 79.6 cm³/mol. The Hall–Kier alpha value is -1.51. The molecule has 0 amide bonds. The van der Waals surface area contributed by atoms with Gasteiger partial charge in [0.2, 0.25) is 0 Å². The summed E-state index contributed by atoms with van der Waals surface area (Å²) < 4.78 is 5.89. The van der Waals surface area contributed by atoms with Gasteiger partial charge >= 0.3 is 0 Å². The van der Waals surface area contributed by atoms with Crippen LogP contribution in [0.3, 0.4) is 0 Å². The number of ether oxygens (including phenoxy) is 1. The van der Waals surface area contributed by atoms with E-state index in [2.05, 4.69) is 32.0 Å². The lowest BCUT2D eigenvalue weighted by Crippen LogP contribution is -2.05. The van der Waals surface area contributed by atoms with Gasteiger partial charge < -0.3 is 10.5 Å². The highest BCUT2D eigenvalue weighted by Crippen LogP contribution is 2.29. The Kier molecular flexibility index (Phi) is 4.46. The molecule has 2 aromatic rings. The third kappa shape index (κ3) is 3.09. The second kappa shape index (κ2) is 6.09. The van der Waals surface area contributed by atoms with E-state index in [0.29, 0.717) is 23.9 Å². The number of hydrogen-bond acceptors (Lipinski definition) is 2. The SMILES string of the molecule is Cc1cccc(C)c1COc1c(Cl)cccc1CN. The lowest BCUT2D eigenvalue weighted by molar-refractivity contribution is 0.301. The van der Waals surface area contributed by atoms with Gasteiger partial charge in [-0.1, -0.05) is 41.9 Å². The van der Waals surface area contributed by atoms with E-state index in [4.69, 9.17) is 22.1 Å². The van der Waals surface area contributed by atoms with E-state index in [0.717, 1.165) is 5.56 Å². The van der Waals surface area contributed by atoms with Gasteiger partial charge in [-0.2, -0.15) is 0 Å². The summed E-state index contributed by atoms with van der Waals surface area (Å²) in [6.45, 7) is 5.10. The van der Waals surface area contributed by atoms with Crippen LogP contribution in [0.15, 0.2) is 36.4 Å². The van der Waals surface area contributed by atoms with Gasteiger partial charge in [-0.05, 0) is 36.6 Å². The van der Waals surface area contributed by atoms with Gasteiger partial charge in [0.25, 0.3) is 0 Å². The highest BCUT2D eigenvalue weighted by Gasteiger charge is 2.09. The molecule has 0 spiro atoms. The second-order valence-electron chi connectivity index (χ2n) is 4.59. The van der Waals surface area contributed by atoms with Crippen LogP contribution in [0, 0.1) is 13.8 Å². The van der Waals surface area contributed by atoms with E-state index >= 15 is 0 Å². The summed E-state index contributed by atoms with van der Waals surface area (Å²) in [5.41, 5.74) is 10.3. The summed E-state index contributed by atoms with van der Waals surface area (Å²) in [6, 6.07) is 11.9. The number of rotatable bonds is 4. The van der Waals surface area contributed by atoms with Gasteiger partial charge in [-0.3, -0.25) is 0 Å². The molecule has 0 bridgehead atoms. The van der Waals surface area contributed by atoms with Crippen molar-refractivity contribution in [3.63, 3.8) is 0 Å². The summed E-state index contributed by atoms with van der Waals surface area (Å²) in [7, 11) is 0. The molecule has 0 aromatic heterocycles. The third-order valence-corrected chi connectivity index (χ3v) is 3.57. The fourth-order valence-corrected chi connectivity index (χ4v) is 2.35. The lowest BCUT2D eigenvalue weighted by atomic mass is 10.0. The van der Waals surface area contributed by atoms with E-state index in [1.807, 2.05) is 18.2 Å². The van der Waals surface area contributed by atoms with Crippen molar-refractivity contribution in [1.82, 2.24) is 0 Å². The molecule has 0 radical (unpaired) electrons. The molecular weight excluding hydrogens is 258 g/mol. The number of benzene rings is 2. The van der Waals surface area contributed by atoms with Crippen LogP contribution in [-0.2, 0) is 13.2 Å². The first-order valence-corrected chi connectivity index (χ1v) is 6.66. The second-order valence-corrected chi connectivity index (χ2v) is 5.00. The zero-order valence-corrected chi connectivity index (χ0v) is 12.0. The summed E-state index contributed by atoms with van der Waals surface area (Å²) in [5.74, 6) is 0.689. The Morgan fingerprint density at radius 1 is 1.05 bits per heavy atom. The van der Waals surface area contributed by atoms with Crippen LogP contribution in [0.1, 0.15) is 22.3 Å². The Labute approximate surface area is 119 Å². The number of halogens is 1. The van der Waals surface area contributed by atoms with Crippen LogP contribution in [-0.4, -0.2) is 0 Å². The van der Waals surface area contributed by atoms with E-state index in [9.17, 15) is 0 Å². The van der Waals surface area contributed by atoms with Crippen molar-refractivity contribution in [2.75, 3.05) is 0 Å². The van der Waals surface area contributed by atoms with Gasteiger partial charge in [0, 0.05) is 12.1 Å². The molecule has 100 valence electrons. The van der Waals surface area contributed by atoms with Crippen molar-refractivity contribution in [3.8, 4) is 5.75 Å². The van der Waals surface area contributed by atoms with Crippen LogP contribution < -0.4 is 10.5 Å². The van der Waals surface area contributed by atoms with Crippen LogP contribution in [0.25, 0.3) is 0 Å². The zero-order valence-electron chi connectivity index (χ0n) is 11.2. The Balaban J connectivity index is 2.24. The van der Waals surface area contributed by atoms with Gasteiger partial charge in [-0.15, -0.1) is 0 Å². The van der Waals surface area contributed by atoms with Crippen molar-refractivity contribution >= 4 is 11.6 Å². The molecule has 0 heterocycles. The summed E-state index contributed by atoms with van der Waals surface area (Å²) >= 11 is 6.17. The molecule has 2 rings (SSSR count). The normalized spacial score (nSPS) is 10.5. The molecular formula is C16H18ClNO. The van der Waals surface area contributed by atoms with E-state index < -0.39 is 0 Å². The van der Waals surface area contributed by atoms with Gasteiger partial charge in [0.05, 0.1) is 5.02 Å². The topological polar surface area (TPSA) is 35.2 Å². The molecule has 0 fully saturated rings. The maximum atomic E-state index is 6.17. The number of para-hydroxylation sites is 1. The minimum atomic E-state index is 0.419. The molecule has 3 heteroatoms. The van der Waals surface area contributed by atoms with Crippen LogP contribution in [0.2, 0.25) is 5.02 Å². The maximum absolute atomic E-state index is 6.17. The Bertz CT molecular complexity index is 561. The first-order valence-electron chi connectivity index (χ1n) is 6.29. The van der Waals surface area contributed by atoms with Gasteiger partial charge in [-0.25, -0.2) is 0 Å². The van der Waals surface area contributed by atoms with E-state index in [1.165, 1.54) is 16.7 Å². The maximum Gasteiger partial charge on any atom is 0.142 e. The molecule has 2 nitrogen and oxygen atoms in total. The fourth-order valence-electron chi connectivity index (χ4n) is 2.10. The number of aryl methyl sites for hydroxylation is 2. The van der Waals surface area contributed by atoms with Crippen molar-refractivity contribution in [3.05, 3.63) is 63.7 Å². The molecule has 0 saturated carbocycles. The average molecular weight is 276 g/mol. The molecule has 2 aromatic carbocycles. The Morgan fingerprint density at radius 3 is 2.32 bits per heavy atom. The molecule has 0 saturated heterocycles. The monoisotopic (exact) mass is 275 g/mol. The van der Waals surface area contributed by atoms with Crippen molar-refractivity contribution in [2.24, 2.45) is 5.73 Å². The molecule has 0 aliphatic rings. The smallest absolute Gasteiger partial charge is 0.142 e. The third-order valence-electron chi connectivity index (χ3n) is 3.27. The van der Waals surface area contributed by atoms with E-state index in [-0.39, 0.29) is 0 Å². The Morgan fingerprint density at radius 2 is 1.68 bits per heavy atom. The largest absolute Gasteiger partial charge is 0.487 e. The lowest BCUT2D eigenvalue weighted by Gasteiger charge is -2.15. The first kappa shape index (κ1) is 13.9. The molecule has 0 aliphatic heterocycles. The fraction of sp³-hybridized carbons (Fsp3) is 0.250. The van der Waals surface area contributed by atoms with Gasteiger partial charge in [0.1, 0.15) is 12.4 Å². The first-order chi connectivity index (χ1) is 9.13. The van der Waals surface area contributed by atoms with E-state index in [1.54, 1.807) is 0 Å². The number of nitrogens with two attached hydrogens (primary N) is 1. The molecule has 0 aliphatic carbocycles. The molecule has 0 unspecified atom stereocenters. The standard InChI is InChI=1S/C16H18ClNO/c1-11-5-3-6-12(2)14(11)10-19-16-13(9-18)7-4-8-15(16)17/h3-8H,9-10,18H2,1-2H3. The predicted octanol–water partition coefficient (Wildman–Crippen LogP) is 3.99. The van der Waals surface area contributed by atoms with Gasteiger partial charge in [0.15, 0.2) is 0 Å². The highest BCUT2D eigenvalue weighted by molar-refractivity contribution is 6.32. The van der Waals surface area contributed by atoms with Crippen LogP contribution in [0.5, 0.6) is 5.75 Å². The molecule has 0 atom stereocenters. The summed E-state index contributed by atoms with van der Waals surface area (Å²) in [5, 5.41) is 0.606. The minimum absolute atomic E-state index is 0.419. The highest BCUT2D eigenvalue weighted by atomic mass is 35.5.